The molecule has 0 spiro atoms. The van der Waals surface area contributed by atoms with Gasteiger partial charge in [0.15, 0.2) is 5.76 Å². The maximum Gasteiger partial charge on any atom is 0.231 e. The highest BCUT2D eigenvalue weighted by atomic mass is 16.7. The number of rotatable bonds is 5. The number of allylic oxidation sites excluding steroid dienone is 3. The number of aliphatic hydroxyl groups is 1. The summed E-state index contributed by atoms with van der Waals surface area (Å²) in [6.07, 6.45) is 9.79. The molecule has 4 rings (SSSR count). The van der Waals surface area contributed by atoms with E-state index >= 15 is 0 Å². The molecule has 6 heteroatoms. The van der Waals surface area contributed by atoms with E-state index < -0.39 is 0 Å². The summed E-state index contributed by atoms with van der Waals surface area (Å²) in [6, 6.07) is 0.0794. The molecule has 3 aliphatic heterocycles. The molecule has 134 valence electrons. The van der Waals surface area contributed by atoms with Crippen LogP contribution in [0.3, 0.4) is 0 Å². The van der Waals surface area contributed by atoms with Crippen LogP contribution in [0.2, 0.25) is 0 Å². The van der Waals surface area contributed by atoms with Crippen LogP contribution in [0.5, 0.6) is 0 Å². The van der Waals surface area contributed by atoms with Gasteiger partial charge >= 0.3 is 0 Å². The van der Waals surface area contributed by atoms with Crippen LogP contribution in [-0.4, -0.2) is 41.5 Å². The number of likely N-dealkylation sites (tertiary alicyclic amines) is 1. The number of nitrogens with zero attached hydrogens (tertiary/aromatic N) is 2. The summed E-state index contributed by atoms with van der Waals surface area (Å²) in [6.45, 7) is 3.11. The van der Waals surface area contributed by atoms with E-state index in [2.05, 4.69) is 11.9 Å². The molecule has 0 aromatic carbocycles. The van der Waals surface area contributed by atoms with Gasteiger partial charge in [-0.25, -0.2) is 0 Å². The maximum absolute atomic E-state index is 13.2. The van der Waals surface area contributed by atoms with Crippen molar-refractivity contribution in [2.75, 3.05) is 13.3 Å². The molecule has 3 atom stereocenters. The van der Waals surface area contributed by atoms with Crippen molar-refractivity contribution in [3.63, 3.8) is 0 Å². The number of aliphatic imine (C=N–C) groups is 1. The van der Waals surface area contributed by atoms with Gasteiger partial charge in [0.25, 0.3) is 0 Å². The van der Waals surface area contributed by atoms with Crippen LogP contribution in [0.4, 0.5) is 0 Å². The first kappa shape index (κ1) is 16.2. The smallest absolute Gasteiger partial charge is 0.231 e. The summed E-state index contributed by atoms with van der Waals surface area (Å²) in [5.74, 6) is 0.963. The van der Waals surface area contributed by atoms with Gasteiger partial charge in [-0.05, 0) is 12.0 Å². The fourth-order valence-corrected chi connectivity index (χ4v) is 4.23. The molecule has 1 aliphatic carbocycles. The Morgan fingerprint density at radius 1 is 1.36 bits per heavy atom. The molecule has 3 unspecified atom stereocenters. The molecule has 0 bridgehead atoms. The van der Waals surface area contributed by atoms with Crippen LogP contribution >= 0.6 is 0 Å². The number of aliphatic hydroxyl groups excluding tert-OH is 1. The third-order valence-electron chi connectivity index (χ3n) is 5.52. The van der Waals surface area contributed by atoms with E-state index in [4.69, 9.17) is 9.47 Å². The van der Waals surface area contributed by atoms with E-state index in [1.165, 1.54) is 0 Å². The van der Waals surface area contributed by atoms with Crippen molar-refractivity contribution in [3.8, 4) is 0 Å². The summed E-state index contributed by atoms with van der Waals surface area (Å²) in [4.78, 5) is 19.5. The van der Waals surface area contributed by atoms with E-state index in [-0.39, 0.29) is 36.3 Å². The summed E-state index contributed by atoms with van der Waals surface area (Å²) in [5, 5.41) is 10.5. The second-order valence-electron chi connectivity index (χ2n) is 7.00. The molecule has 1 N–H and O–H groups in total. The lowest BCUT2D eigenvalue weighted by Crippen LogP contribution is -2.36. The molecule has 1 saturated heterocycles. The van der Waals surface area contributed by atoms with Crippen molar-refractivity contribution in [3.05, 3.63) is 35.1 Å². The second kappa shape index (κ2) is 6.58. The largest absolute Gasteiger partial charge is 0.512 e. The Morgan fingerprint density at radius 2 is 2.24 bits per heavy atom. The van der Waals surface area contributed by atoms with Crippen LogP contribution in [0.1, 0.15) is 39.0 Å². The van der Waals surface area contributed by atoms with Crippen molar-refractivity contribution in [2.45, 2.75) is 45.1 Å². The minimum atomic E-state index is -0.362. The highest BCUT2D eigenvalue weighted by Gasteiger charge is 2.49. The monoisotopic (exact) mass is 344 g/mol. The number of carbonyl (C=O) groups excluding carboxylic acids is 1. The maximum atomic E-state index is 13.2. The van der Waals surface area contributed by atoms with Gasteiger partial charge < -0.3 is 19.5 Å². The van der Waals surface area contributed by atoms with Gasteiger partial charge in [-0.2, -0.15) is 0 Å². The Balaban J connectivity index is 1.60. The molecular formula is C19H24N2O4. The highest BCUT2D eigenvalue weighted by Crippen LogP contribution is 2.45. The topological polar surface area (TPSA) is 71.4 Å². The summed E-state index contributed by atoms with van der Waals surface area (Å²) < 4.78 is 10.8. The van der Waals surface area contributed by atoms with Crippen LogP contribution in [0.25, 0.3) is 0 Å². The highest BCUT2D eigenvalue weighted by molar-refractivity contribution is 5.88. The molecule has 0 aromatic heterocycles. The normalized spacial score (nSPS) is 30.5. The Morgan fingerprint density at radius 3 is 3.08 bits per heavy atom. The number of unbranched alkanes of at least 4 members (excludes halogenated alkanes) is 2. The minimum Gasteiger partial charge on any atom is -0.512 e. The van der Waals surface area contributed by atoms with Gasteiger partial charge in [0.1, 0.15) is 11.5 Å². The van der Waals surface area contributed by atoms with Crippen molar-refractivity contribution >= 4 is 12.1 Å². The van der Waals surface area contributed by atoms with Crippen LogP contribution < -0.4 is 0 Å². The Hall–Kier alpha value is -2.24. The number of amides is 1. The molecule has 6 nitrogen and oxygen atoms in total. The summed E-state index contributed by atoms with van der Waals surface area (Å²) >= 11 is 0. The summed E-state index contributed by atoms with van der Waals surface area (Å²) in [7, 11) is 0. The molecule has 4 aliphatic rings. The van der Waals surface area contributed by atoms with Gasteiger partial charge in [0.05, 0.1) is 12.0 Å². The van der Waals surface area contributed by atoms with Gasteiger partial charge in [0, 0.05) is 43.8 Å². The standard InChI is InChI=1S/C19H24N2O4/c1-2-3-4-7-21-14-5-6-20-10-13(14)18(19(21)23)12-8-16-17(9-15(12)22)25-11-24-16/h6,9-10,12,14,18,22H,2-5,7-8,11H2,1H3. The first-order valence-corrected chi connectivity index (χ1v) is 9.12. The van der Waals surface area contributed by atoms with Crippen LogP contribution in [0.15, 0.2) is 40.1 Å². The second-order valence-corrected chi connectivity index (χ2v) is 7.00. The van der Waals surface area contributed by atoms with Gasteiger partial charge in [-0.1, -0.05) is 19.8 Å². The van der Waals surface area contributed by atoms with Gasteiger partial charge in [-0.15, -0.1) is 0 Å². The zero-order chi connectivity index (χ0) is 17.4. The summed E-state index contributed by atoms with van der Waals surface area (Å²) in [5.41, 5.74) is 1.02. The van der Waals surface area contributed by atoms with Gasteiger partial charge in [-0.3, -0.25) is 9.79 Å². The number of hydrogen-bond acceptors (Lipinski definition) is 5. The van der Waals surface area contributed by atoms with Crippen molar-refractivity contribution in [2.24, 2.45) is 16.8 Å². The molecule has 0 saturated carbocycles. The Bertz CT molecular complexity index is 692. The fraction of sp³-hybridized carbons (Fsp3) is 0.579. The lowest BCUT2D eigenvalue weighted by molar-refractivity contribution is -0.133. The van der Waals surface area contributed by atoms with E-state index in [1.807, 2.05) is 17.3 Å². The molecule has 1 amide bonds. The average Bonchev–Trinajstić information content (AvgIpc) is 3.17. The Kier molecular flexibility index (Phi) is 4.27. The zero-order valence-corrected chi connectivity index (χ0v) is 14.5. The number of hydrogen-bond donors (Lipinski definition) is 1. The molecule has 0 radical (unpaired) electrons. The zero-order valence-electron chi connectivity index (χ0n) is 14.5. The lowest BCUT2D eigenvalue weighted by Gasteiger charge is -2.25. The predicted molar refractivity (Wildman–Crippen MR) is 92.6 cm³/mol. The molecule has 25 heavy (non-hydrogen) atoms. The minimum absolute atomic E-state index is 0.0794. The number of carbonyl (C=O) groups is 1. The SMILES string of the molecule is CCCCCN1C(=O)C(C2CC3=C(C=C2O)OCO3)C2=CN=CCC21. The van der Waals surface area contributed by atoms with E-state index in [9.17, 15) is 9.90 Å². The molecule has 3 heterocycles. The van der Waals surface area contributed by atoms with E-state index in [0.717, 1.165) is 43.6 Å². The average molecular weight is 344 g/mol. The van der Waals surface area contributed by atoms with Crippen LogP contribution in [-0.2, 0) is 14.3 Å². The first-order chi connectivity index (χ1) is 12.2. The van der Waals surface area contributed by atoms with E-state index in [1.54, 1.807) is 6.08 Å². The Labute approximate surface area is 147 Å². The van der Waals surface area contributed by atoms with Crippen molar-refractivity contribution in [1.29, 1.82) is 0 Å². The van der Waals surface area contributed by atoms with Crippen molar-refractivity contribution < 1.29 is 19.4 Å². The van der Waals surface area contributed by atoms with E-state index in [0.29, 0.717) is 12.2 Å². The van der Waals surface area contributed by atoms with Crippen LogP contribution in [0, 0.1) is 11.8 Å². The third-order valence-corrected chi connectivity index (χ3v) is 5.52. The number of fused-ring (bicyclic) bond motifs is 1. The quantitative estimate of drug-likeness (QED) is 0.778. The predicted octanol–water partition coefficient (Wildman–Crippen LogP) is 3.04. The molecular weight excluding hydrogens is 320 g/mol. The third kappa shape index (κ3) is 2.73. The fourth-order valence-electron chi connectivity index (χ4n) is 4.23. The molecule has 0 aromatic rings. The van der Waals surface area contributed by atoms with Gasteiger partial charge in [0.2, 0.25) is 12.7 Å². The first-order valence-electron chi connectivity index (χ1n) is 9.12. The number of ether oxygens (including phenoxy) is 2. The molecule has 1 fully saturated rings. The van der Waals surface area contributed by atoms with Crippen molar-refractivity contribution in [1.82, 2.24) is 4.90 Å². The lowest BCUT2D eigenvalue weighted by atomic mass is 9.79.